The lowest BCUT2D eigenvalue weighted by Crippen LogP contribution is -2.23. The van der Waals surface area contributed by atoms with Gasteiger partial charge in [0.25, 0.3) is 0 Å². The normalized spacial score (nSPS) is 16.1. The quantitative estimate of drug-likeness (QED) is 0.340. The Balaban J connectivity index is 1.33. The lowest BCUT2D eigenvalue weighted by molar-refractivity contribution is -0.141. The SMILES string of the molecule is CC(CCOc1ccc(Cc2ccccc2-c2ccc(OCCC3CCCN3)cc2)cc1)C(=O)O. The summed E-state index contributed by atoms with van der Waals surface area (Å²) in [6, 6.07) is 25.5. The van der Waals surface area contributed by atoms with Crippen LogP contribution in [0.4, 0.5) is 0 Å². The summed E-state index contributed by atoms with van der Waals surface area (Å²) < 4.78 is 11.7. The lowest BCUT2D eigenvalue weighted by Gasteiger charge is -2.13. The van der Waals surface area contributed by atoms with Gasteiger partial charge < -0.3 is 19.9 Å². The molecule has 0 aliphatic carbocycles. The molecule has 1 fully saturated rings. The van der Waals surface area contributed by atoms with Gasteiger partial charge in [0.15, 0.2) is 0 Å². The molecule has 3 aromatic rings. The second-order valence-electron chi connectivity index (χ2n) is 9.31. The minimum atomic E-state index is -0.790. The fourth-order valence-electron chi connectivity index (χ4n) is 4.41. The van der Waals surface area contributed by atoms with Gasteiger partial charge in [-0.1, -0.05) is 55.5 Å². The minimum Gasteiger partial charge on any atom is -0.494 e. The van der Waals surface area contributed by atoms with E-state index >= 15 is 0 Å². The number of hydrogen-bond donors (Lipinski definition) is 2. The number of aliphatic carboxylic acids is 1. The molecule has 0 spiro atoms. The fraction of sp³-hybridized carbons (Fsp3) is 0.367. The van der Waals surface area contributed by atoms with Gasteiger partial charge in [-0.3, -0.25) is 4.79 Å². The van der Waals surface area contributed by atoms with Crippen LogP contribution in [0.25, 0.3) is 11.1 Å². The Morgan fingerprint density at radius 1 is 0.971 bits per heavy atom. The fourth-order valence-corrected chi connectivity index (χ4v) is 4.41. The summed E-state index contributed by atoms with van der Waals surface area (Å²) in [5.41, 5.74) is 4.86. The molecule has 0 radical (unpaired) electrons. The van der Waals surface area contributed by atoms with E-state index in [1.165, 1.54) is 35.1 Å². The van der Waals surface area contributed by atoms with Gasteiger partial charge in [0, 0.05) is 6.04 Å². The van der Waals surface area contributed by atoms with Gasteiger partial charge in [0.2, 0.25) is 0 Å². The Bertz CT molecular complexity index is 1070. The lowest BCUT2D eigenvalue weighted by atomic mass is 9.95. The number of ether oxygens (including phenoxy) is 2. The zero-order valence-corrected chi connectivity index (χ0v) is 20.4. The smallest absolute Gasteiger partial charge is 0.306 e. The number of carboxylic acids is 1. The summed E-state index contributed by atoms with van der Waals surface area (Å²) in [5.74, 6) is 0.485. The number of rotatable bonds is 12. The third kappa shape index (κ3) is 7.33. The van der Waals surface area contributed by atoms with Gasteiger partial charge >= 0.3 is 5.97 Å². The van der Waals surface area contributed by atoms with Gasteiger partial charge in [-0.2, -0.15) is 0 Å². The molecule has 35 heavy (non-hydrogen) atoms. The summed E-state index contributed by atoms with van der Waals surface area (Å²) in [4.78, 5) is 10.9. The van der Waals surface area contributed by atoms with Crippen LogP contribution in [-0.4, -0.2) is 36.9 Å². The standard InChI is InChI=1S/C30H35NO4/c1-22(30(32)33)16-19-34-27-12-8-23(9-13-27)21-25-5-2-3-7-29(25)24-10-14-28(15-11-24)35-20-17-26-6-4-18-31-26/h2-3,5,7-15,22,26,31H,4,6,16-21H2,1H3,(H,32,33). The van der Waals surface area contributed by atoms with Crippen LogP contribution in [-0.2, 0) is 11.2 Å². The molecule has 5 heteroatoms. The summed E-state index contributed by atoms with van der Waals surface area (Å²) in [5, 5.41) is 12.5. The molecule has 4 rings (SSSR count). The van der Waals surface area contributed by atoms with Gasteiger partial charge in [-0.15, -0.1) is 0 Å². The van der Waals surface area contributed by atoms with Crippen molar-refractivity contribution in [2.24, 2.45) is 5.92 Å². The number of benzene rings is 3. The molecule has 184 valence electrons. The van der Waals surface area contributed by atoms with E-state index in [2.05, 4.69) is 66.0 Å². The van der Waals surface area contributed by atoms with Gasteiger partial charge in [0.1, 0.15) is 11.5 Å². The minimum absolute atomic E-state index is 0.396. The van der Waals surface area contributed by atoms with E-state index in [0.29, 0.717) is 19.1 Å². The Labute approximate surface area is 208 Å². The third-order valence-corrected chi connectivity index (χ3v) is 6.64. The molecule has 2 N–H and O–H groups in total. The highest BCUT2D eigenvalue weighted by Gasteiger charge is 2.14. The highest BCUT2D eigenvalue weighted by atomic mass is 16.5. The average molecular weight is 474 g/mol. The van der Waals surface area contributed by atoms with Crippen molar-refractivity contribution >= 4 is 5.97 Å². The molecule has 2 unspecified atom stereocenters. The maximum Gasteiger partial charge on any atom is 0.306 e. The summed E-state index contributed by atoms with van der Waals surface area (Å²) in [6.07, 6.45) is 4.88. The molecule has 0 saturated carbocycles. The van der Waals surface area contributed by atoms with Crippen molar-refractivity contribution < 1.29 is 19.4 Å². The maximum atomic E-state index is 10.9. The molecule has 0 aromatic heterocycles. The average Bonchev–Trinajstić information content (AvgIpc) is 3.39. The summed E-state index contributed by atoms with van der Waals surface area (Å²) in [7, 11) is 0. The van der Waals surface area contributed by atoms with Gasteiger partial charge in [-0.05, 0) is 85.2 Å². The first-order valence-electron chi connectivity index (χ1n) is 12.6. The molecule has 5 nitrogen and oxygen atoms in total. The van der Waals surface area contributed by atoms with E-state index in [4.69, 9.17) is 14.6 Å². The van der Waals surface area contributed by atoms with Crippen molar-refractivity contribution in [2.75, 3.05) is 19.8 Å². The first-order valence-corrected chi connectivity index (χ1v) is 12.6. The number of carbonyl (C=O) groups is 1. The predicted octanol–water partition coefficient (Wildman–Crippen LogP) is 5.95. The first kappa shape index (κ1) is 24.8. The van der Waals surface area contributed by atoms with E-state index in [-0.39, 0.29) is 0 Å². The maximum absolute atomic E-state index is 10.9. The second kappa shape index (κ2) is 12.4. The zero-order chi connectivity index (χ0) is 24.5. The molecule has 1 aliphatic heterocycles. The molecule has 1 heterocycles. The van der Waals surface area contributed by atoms with E-state index in [1.807, 2.05) is 12.1 Å². The van der Waals surface area contributed by atoms with E-state index in [0.717, 1.165) is 37.5 Å². The van der Waals surface area contributed by atoms with Crippen LogP contribution in [0, 0.1) is 5.92 Å². The van der Waals surface area contributed by atoms with Crippen LogP contribution >= 0.6 is 0 Å². The number of nitrogens with one attached hydrogen (secondary N) is 1. The Morgan fingerprint density at radius 2 is 1.66 bits per heavy atom. The topological polar surface area (TPSA) is 67.8 Å². The Morgan fingerprint density at radius 3 is 2.34 bits per heavy atom. The van der Waals surface area contributed by atoms with Crippen molar-refractivity contribution in [3.05, 3.63) is 83.9 Å². The van der Waals surface area contributed by atoms with Crippen LogP contribution in [0.5, 0.6) is 11.5 Å². The van der Waals surface area contributed by atoms with Crippen LogP contribution < -0.4 is 14.8 Å². The van der Waals surface area contributed by atoms with Crippen LogP contribution in [0.15, 0.2) is 72.8 Å². The van der Waals surface area contributed by atoms with Crippen molar-refractivity contribution in [1.82, 2.24) is 5.32 Å². The Kier molecular flexibility index (Phi) is 8.79. The molecule has 0 amide bonds. The summed E-state index contributed by atoms with van der Waals surface area (Å²) in [6.45, 7) is 3.96. The predicted molar refractivity (Wildman–Crippen MR) is 139 cm³/mol. The van der Waals surface area contributed by atoms with Crippen molar-refractivity contribution in [3.8, 4) is 22.6 Å². The van der Waals surface area contributed by atoms with Crippen molar-refractivity contribution in [3.63, 3.8) is 0 Å². The second-order valence-corrected chi connectivity index (χ2v) is 9.31. The monoisotopic (exact) mass is 473 g/mol. The van der Waals surface area contributed by atoms with Gasteiger partial charge in [0.05, 0.1) is 19.1 Å². The van der Waals surface area contributed by atoms with E-state index in [1.54, 1.807) is 6.92 Å². The van der Waals surface area contributed by atoms with Gasteiger partial charge in [-0.25, -0.2) is 0 Å². The largest absolute Gasteiger partial charge is 0.494 e. The van der Waals surface area contributed by atoms with E-state index in [9.17, 15) is 4.79 Å². The third-order valence-electron chi connectivity index (χ3n) is 6.64. The van der Waals surface area contributed by atoms with Crippen molar-refractivity contribution in [1.29, 1.82) is 0 Å². The molecule has 1 saturated heterocycles. The van der Waals surface area contributed by atoms with Crippen LogP contribution in [0.1, 0.15) is 43.7 Å². The Hall–Kier alpha value is -3.31. The van der Waals surface area contributed by atoms with Crippen LogP contribution in [0.3, 0.4) is 0 Å². The summed E-state index contributed by atoms with van der Waals surface area (Å²) >= 11 is 0. The highest BCUT2D eigenvalue weighted by Crippen LogP contribution is 2.28. The highest BCUT2D eigenvalue weighted by molar-refractivity contribution is 5.69. The number of carboxylic acid groups (broad SMARTS) is 1. The number of hydrogen-bond acceptors (Lipinski definition) is 4. The zero-order valence-electron chi connectivity index (χ0n) is 20.4. The molecular formula is C30H35NO4. The van der Waals surface area contributed by atoms with E-state index < -0.39 is 11.9 Å². The van der Waals surface area contributed by atoms with Crippen LogP contribution in [0.2, 0.25) is 0 Å². The molecular weight excluding hydrogens is 438 g/mol. The molecule has 2 atom stereocenters. The first-order chi connectivity index (χ1) is 17.1. The molecule has 0 bridgehead atoms. The molecule has 3 aromatic carbocycles. The molecule has 1 aliphatic rings. The van der Waals surface area contributed by atoms with Crippen molar-refractivity contribution in [2.45, 2.75) is 45.1 Å².